The van der Waals surface area contributed by atoms with Crippen molar-refractivity contribution in [3.63, 3.8) is 0 Å². The molecule has 0 spiro atoms. The van der Waals surface area contributed by atoms with Crippen LogP contribution in [0.5, 0.6) is 5.75 Å². The summed E-state index contributed by atoms with van der Waals surface area (Å²) in [6.45, 7) is 2.60. The summed E-state index contributed by atoms with van der Waals surface area (Å²) >= 11 is 3.47. The smallest absolute Gasteiger partial charge is 0.303 e. The minimum absolute atomic E-state index is 0.126. The van der Waals surface area contributed by atoms with E-state index in [0.717, 1.165) is 57.8 Å². The van der Waals surface area contributed by atoms with Gasteiger partial charge in [0.15, 0.2) is 0 Å². The molecule has 5 nitrogen and oxygen atoms in total. The van der Waals surface area contributed by atoms with E-state index in [1.807, 2.05) is 38.2 Å². The number of benzene rings is 2. The molecule has 0 unspecified atom stereocenters. The van der Waals surface area contributed by atoms with Gasteiger partial charge in [-0.15, -0.1) is 0 Å². The highest BCUT2D eigenvalue weighted by molar-refractivity contribution is 9.10. The van der Waals surface area contributed by atoms with E-state index < -0.39 is 5.97 Å². The second kappa shape index (κ2) is 8.64. The van der Waals surface area contributed by atoms with E-state index in [4.69, 9.17) is 14.8 Å². The van der Waals surface area contributed by atoms with Crippen LogP contribution in [-0.2, 0) is 24.7 Å². The predicted molar refractivity (Wildman–Crippen MR) is 120 cm³/mol. The Morgan fingerprint density at radius 3 is 2.77 bits per heavy atom. The number of ether oxygens (including phenoxy) is 1. The van der Waals surface area contributed by atoms with Crippen LogP contribution in [0.25, 0.3) is 11.4 Å². The molecule has 0 saturated carbocycles. The fraction of sp³-hybridized carbons (Fsp3) is 0.333. The standard InChI is InChI=1S/C24H25BrN2O3/c1-15-22(27(2)24(26-15)16-5-7-19(25)8-6-16)11-12-30-20-9-10-21-17(13-20)3-4-18(21)14-23(28)29/h5-10,13,18H,3-4,11-12,14H2,1-2H3,(H,28,29)/t18-/m0/s1. The van der Waals surface area contributed by atoms with Crippen LogP contribution in [-0.4, -0.2) is 27.2 Å². The molecule has 0 aliphatic heterocycles. The van der Waals surface area contributed by atoms with E-state index in [2.05, 4.69) is 38.7 Å². The van der Waals surface area contributed by atoms with Crippen molar-refractivity contribution in [2.24, 2.45) is 7.05 Å². The van der Waals surface area contributed by atoms with Gasteiger partial charge in [0.05, 0.1) is 18.7 Å². The van der Waals surface area contributed by atoms with E-state index in [0.29, 0.717) is 6.61 Å². The summed E-state index contributed by atoms with van der Waals surface area (Å²) in [5, 5.41) is 9.08. The molecule has 0 fully saturated rings. The van der Waals surface area contributed by atoms with Crippen molar-refractivity contribution in [3.8, 4) is 17.1 Å². The fourth-order valence-electron chi connectivity index (χ4n) is 4.33. The minimum atomic E-state index is -0.734. The van der Waals surface area contributed by atoms with Crippen LogP contribution in [0.15, 0.2) is 46.9 Å². The molecule has 0 saturated heterocycles. The number of halogens is 1. The average Bonchev–Trinajstić information content (AvgIpc) is 3.23. The Hall–Kier alpha value is -2.60. The zero-order valence-corrected chi connectivity index (χ0v) is 18.8. The first-order valence-electron chi connectivity index (χ1n) is 10.2. The summed E-state index contributed by atoms with van der Waals surface area (Å²) in [6.07, 6.45) is 2.79. The van der Waals surface area contributed by atoms with Gasteiger partial charge in [-0.05, 0) is 61.1 Å². The molecular weight excluding hydrogens is 444 g/mol. The number of carboxylic acids is 1. The molecule has 1 N–H and O–H groups in total. The zero-order valence-electron chi connectivity index (χ0n) is 17.2. The number of imidazole rings is 1. The number of fused-ring (bicyclic) bond motifs is 1. The lowest BCUT2D eigenvalue weighted by Crippen LogP contribution is -2.07. The normalized spacial score (nSPS) is 15.2. The van der Waals surface area contributed by atoms with Gasteiger partial charge in [0, 0.05) is 29.2 Å². The summed E-state index contributed by atoms with van der Waals surface area (Å²) in [5.41, 5.74) is 5.64. The SMILES string of the molecule is Cc1nc(-c2ccc(Br)cc2)n(C)c1CCOc1ccc2c(c1)CC[C@H]2CC(=O)O. The Labute approximate surface area is 184 Å². The van der Waals surface area contributed by atoms with Crippen LogP contribution < -0.4 is 4.74 Å². The van der Waals surface area contributed by atoms with Gasteiger partial charge in [-0.25, -0.2) is 4.98 Å². The van der Waals surface area contributed by atoms with E-state index in [-0.39, 0.29) is 12.3 Å². The van der Waals surface area contributed by atoms with Crippen LogP contribution in [0.2, 0.25) is 0 Å². The van der Waals surface area contributed by atoms with Crippen LogP contribution >= 0.6 is 15.9 Å². The van der Waals surface area contributed by atoms with Crippen molar-refractivity contribution in [3.05, 3.63) is 69.5 Å². The van der Waals surface area contributed by atoms with Crippen molar-refractivity contribution in [2.75, 3.05) is 6.61 Å². The van der Waals surface area contributed by atoms with E-state index >= 15 is 0 Å². The fourth-order valence-corrected chi connectivity index (χ4v) is 4.60. The first-order valence-corrected chi connectivity index (χ1v) is 11.0. The highest BCUT2D eigenvalue weighted by Gasteiger charge is 2.25. The van der Waals surface area contributed by atoms with Gasteiger partial charge in [-0.3, -0.25) is 4.79 Å². The summed E-state index contributed by atoms with van der Waals surface area (Å²) < 4.78 is 9.22. The molecule has 1 aliphatic carbocycles. The second-order valence-electron chi connectivity index (χ2n) is 7.83. The summed E-state index contributed by atoms with van der Waals surface area (Å²) in [6, 6.07) is 14.2. The molecule has 1 heterocycles. The summed E-state index contributed by atoms with van der Waals surface area (Å²) in [5.74, 6) is 1.19. The number of aromatic nitrogens is 2. The van der Waals surface area contributed by atoms with Crippen LogP contribution in [0.1, 0.15) is 41.3 Å². The summed E-state index contributed by atoms with van der Waals surface area (Å²) in [4.78, 5) is 15.8. The van der Waals surface area contributed by atoms with Crippen molar-refractivity contribution in [1.82, 2.24) is 9.55 Å². The van der Waals surface area contributed by atoms with Crippen molar-refractivity contribution < 1.29 is 14.6 Å². The number of carboxylic acid groups (broad SMARTS) is 1. The largest absolute Gasteiger partial charge is 0.493 e. The predicted octanol–water partition coefficient (Wildman–Crippen LogP) is 5.28. The number of nitrogens with zero attached hydrogens (tertiary/aromatic N) is 2. The molecule has 1 aromatic heterocycles. The topological polar surface area (TPSA) is 64.4 Å². The van der Waals surface area contributed by atoms with Crippen molar-refractivity contribution in [1.29, 1.82) is 0 Å². The Kier molecular flexibility index (Phi) is 5.95. The maximum absolute atomic E-state index is 11.0. The second-order valence-corrected chi connectivity index (χ2v) is 8.74. The van der Waals surface area contributed by atoms with Crippen LogP contribution in [0.3, 0.4) is 0 Å². The van der Waals surface area contributed by atoms with Gasteiger partial charge < -0.3 is 14.4 Å². The molecular formula is C24H25BrN2O3. The molecule has 6 heteroatoms. The van der Waals surface area contributed by atoms with Gasteiger partial charge in [-0.1, -0.05) is 34.1 Å². The maximum atomic E-state index is 11.0. The molecule has 1 atom stereocenters. The van der Waals surface area contributed by atoms with Gasteiger partial charge in [0.1, 0.15) is 11.6 Å². The molecule has 0 bridgehead atoms. The summed E-state index contributed by atoms with van der Waals surface area (Å²) in [7, 11) is 2.05. The molecule has 3 aromatic rings. The minimum Gasteiger partial charge on any atom is -0.493 e. The Balaban J connectivity index is 1.42. The van der Waals surface area contributed by atoms with Crippen molar-refractivity contribution >= 4 is 21.9 Å². The number of carbonyl (C=O) groups is 1. The van der Waals surface area contributed by atoms with Crippen LogP contribution in [0.4, 0.5) is 0 Å². The molecule has 0 radical (unpaired) electrons. The molecule has 156 valence electrons. The monoisotopic (exact) mass is 468 g/mol. The molecule has 4 rings (SSSR count). The third-order valence-corrected chi connectivity index (χ3v) is 6.39. The van der Waals surface area contributed by atoms with E-state index in [1.54, 1.807) is 0 Å². The third-order valence-electron chi connectivity index (χ3n) is 5.86. The first-order chi connectivity index (χ1) is 14.4. The highest BCUT2D eigenvalue weighted by Crippen LogP contribution is 2.37. The zero-order chi connectivity index (χ0) is 21.3. The molecule has 30 heavy (non-hydrogen) atoms. The Bertz CT molecular complexity index is 1070. The quantitative estimate of drug-likeness (QED) is 0.511. The lowest BCUT2D eigenvalue weighted by Gasteiger charge is -2.12. The van der Waals surface area contributed by atoms with Gasteiger partial charge in [0.25, 0.3) is 0 Å². The number of hydrogen-bond donors (Lipinski definition) is 1. The van der Waals surface area contributed by atoms with Gasteiger partial charge in [0.2, 0.25) is 0 Å². The molecule has 2 aromatic carbocycles. The lowest BCUT2D eigenvalue weighted by molar-refractivity contribution is -0.137. The highest BCUT2D eigenvalue weighted by atomic mass is 79.9. The van der Waals surface area contributed by atoms with Crippen LogP contribution in [0, 0.1) is 6.92 Å². The van der Waals surface area contributed by atoms with Gasteiger partial charge in [-0.2, -0.15) is 0 Å². The number of hydrogen-bond acceptors (Lipinski definition) is 3. The Morgan fingerprint density at radius 1 is 1.27 bits per heavy atom. The first kappa shape index (κ1) is 20.7. The number of aliphatic carboxylic acids is 1. The molecule has 1 aliphatic rings. The lowest BCUT2D eigenvalue weighted by atomic mass is 9.98. The third kappa shape index (κ3) is 4.29. The van der Waals surface area contributed by atoms with E-state index in [9.17, 15) is 4.79 Å². The van der Waals surface area contributed by atoms with E-state index in [1.165, 1.54) is 5.56 Å². The van der Waals surface area contributed by atoms with Crippen molar-refractivity contribution in [2.45, 2.75) is 38.5 Å². The number of rotatable bonds is 7. The Morgan fingerprint density at radius 2 is 2.03 bits per heavy atom. The molecule has 0 amide bonds. The number of aryl methyl sites for hydroxylation is 2. The maximum Gasteiger partial charge on any atom is 0.303 e. The van der Waals surface area contributed by atoms with Gasteiger partial charge >= 0.3 is 5.97 Å². The average molecular weight is 469 g/mol.